The molecule has 0 aliphatic heterocycles. The van der Waals surface area contributed by atoms with Crippen molar-refractivity contribution in [3.63, 3.8) is 0 Å². The van der Waals surface area contributed by atoms with Crippen molar-refractivity contribution in [2.45, 2.75) is 52.4 Å². The van der Waals surface area contributed by atoms with Gasteiger partial charge in [-0.1, -0.05) is 71.9 Å². The first-order valence-electron chi connectivity index (χ1n) is 11.8. The second-order valence-corrected chi connectivity index (χ2v) is 10.8. The lowest BCUT2D eigenvalue weighted by Gasteiger charge is -2.15. The zero-order chi connectivity index (χ0) is 25.7. The van der Waals surface area contributed by atoms with Gasteiger partial charge in [-0.05, 0) is 24.3 Å². The van der Waals surface area contributed by atoms with Gasteiger partial charge in [0.15, 0.2) is 17.3 Å². The zero-order valence-electron chi connectivity index (χ0n) is 21.4. The molecule has 0 radical (unpaired) electrons. The summed E-state index contributed by atoms with van der Waals surface area (Å²) in [5.74, 6) is 1.84. The maximum atomic E-state index is 6.56. The molecule has 0 saturated heterocycles. The molecule has 3 heterocycles. The van der Waals surface area contributed by atoms with E-state index in [1.807, 2.05) is 75.4 Å². The summed E-state index contributed by atoms with van der Waals surface area (Å²) < 4.78 is 3.28. The molecule has 0 aliphatic carbocycles. The highest BCUT2D eigenvalue weighted by molar-refractivity contribution is 5.76. The number of H-pyrrole nitrogens is 1. The molecular formula is C26H30N10. The number of nitrogens with one attached hydrogen (secondary N) is 1. The van der Waals surface area contributed by atoms with Gasteiger partial charge >= 0.3 is 0 Å². The van der Waals surface area contributed by atoms with Crippen LogP contribution in [0.3, 0.4) is 0 Å². The van der Waals surface area contributed by atoms with E-state index in [0.717, 1.165) is 22.4 Å². The molecule has 0 atom stereocenters. The van der Waals surface area contributed by atoms with Crippen LogP contribution >= 0.6 is 0 Å². The lowest BCUT2D eigenvalue weighted by atomic mass is 9.91. The quantitative estimate of drug-likeness (QED) is 0.307. The Hall–Kier alpha value is -4.34. The molecule has 0 amide bonds. The molecular weight excluding hydrogens is 452 g/mol. The van der Waals surface area contributed by atoms with Gasteiger partial charge in [0, 0.05) is 10.8 Å². The minimum atomic E-state index is -0.314. The Morgan fingerprint density at radius 2 is 1.47 bits per heavy atom. The number of benzene rings is 2. The number of fused-ring (bicyclic) bond motifs is 1. The van der Waals surface area contributed by atoms with E-state index in [-0.39, 0.29) is 10.8 Å². The summed E-state index contributed by atoms with van der Waals surface area (Å²) in [6.07, 6.45) is 0. The van der Waals surface area contributed by atoms with Crippen LogP contribution in [0.15, 0.2) is 64.8 Å². The number of aromatic amines is 1. The number of hydrogen-bond donors (Lipinski definition) is 2. The van der Waals surface area contributed by atoms with E-state index >= 15 is 0 Å². The maximum absolute atomic E-state index is 6.56. The van der Waals surface area contributed by atoms with Crippen molar-refractivity contribution in [3.8, 4) is 11.6 Å². The van der Waals surface area contributed by atoms with Crippen molar-refractivity contribution in [2.75, 3.05) is 5.73 Å². The number of hydrogen-bond acceptors (Lipinski definition) is 7. The SMILES string of the molecule is CC(C)(C)c1nc(N=Nc2c(C(C)(C)C)nn(-c3ccccc3)c2N)n(-c2nc3ccccc3[nH]2)n1. The summed E-state index contributed by atoms with van der Waals surface area (Å²) in [6.45, 7) is 12.3. The van der Waals surface area contributed by atoms with E-state index in [1.54, 1.807) is 9.36 Å². The molecule has 0 fully saturated rings. The lowest BCUT2D eigenvalue weighted by molar-refractivity contribution is 0.542. The number of aromatic nitrogens is 7. The van der Waals surface area contributed by atoms with Crippen molar-refractivity contribution >= 4 is 28.5 Å². The smallest absolute Gasteiger partial charge is 0.275 e. The Morgan fingerprint density at radius 1 is 0.778 bits per heavy atom. The Labute approximate surface area is 209 Å². The van der Waals surface area contributed by atoms with Crippen molar-refractivity contribution in [1.82, 2.24) is 34.5 Å². The summed E-state index contributed by atoms with van der Waals surface area (Å²) in [4.78, 5) is 12.7. The Morgan fingerprint density at radius 3 is 2.14 bits per heavy atom. The van der Waals surface area contributed by atoms with Gasteiger partial charge < -0.3 is 10.7 Å². The van der Waals surface area contributed by atoms with Crippen molar-refractivity contribution in [3.05, 3.63) is 66.1 Å². The van der Waals surface area contributed by atoms with Gasteiger partial charge in [-0.3, -0.25) is 0 Å². The summed E-state index contributed by atoms with van der Waals surface area (Å²) in [5.41, 5.74) is 9.75. The van der Waals surface area contributed by atoms with Crippen LogP contribution in [0.2, 0.25) is 0 Å². The predicted octanol–water partition coefficient (Wildman–Crippen LogP) is 5.92. The van der Waals surface area contributed by atoms with E-state index in [9.17, 15) is 0 Å². The highest BCUT2D eigenvalue weighted by atomic mass is 15.5. The molecule has 3 aromatic heterocycles. The molecule has 184 valence electrons. The number of nitrogens with two attached hydrogens (primary N) is 1. The van der Waals surface area contributed by atoms with Gasteiger partial charge in [0.05, 0.1) is 22.4 Å². The van der Waals surface area contributed by atoms with Crippen LogP contribution in [0.4, 0.5) is 17.5 Å². The monoisotopic (exact) mass is 482 g/mol. The number of azo groups is 1. The molecule has 0 spiro atoms. The molecule has 10 heteroatoms. The number of nitrogen functional groups attached to an aromatic ring is 1. The Balaban J connectivity index is 1.64. The molecule has 0 bridgehead atoms. The first kappa shape index (κ1) is 23.4. The van der Waals surface area contributed by atoms with Crippen molar-refractivity contribution < 1.29 is 0 Å². The third kappa shape index (κ3) is 4.26. The van der Waals surface area contributed by atoms with Gasteiger partial charge in [-0.2, -0.15) is 14.8 Å². The predicted molar refractivity (Wildman–Crippen MR) is 141 cm³/mol. The number of imidazole rings is 1. The molecule has 10 nitrogen and oxygen atoms in total. The minimum Gasteiger partial charge on any atom is -0.382 e. The largest absolute Gasteiger partial charge is 0.382 e. The Kier molecular flexibility index (Phi) is 5.46. The van der Waals surface area contributed by atoms with Gasteiger partial charge in [0.25, 0.3) is 5.95 Å². The number of para-hydroxylation sites is 3. The van der Waals surface area contributed by atoms with E-state index in [0.29, 0.717) is 29.2 Å². The summed E-state index contributed by atoms with van der Waals surface area (Å²) in [5, 5.41) is 18.6. The summed E-state index contributed by atoms with van der Waals surface area (Å²) >= 11 is 0. The normalized spacial score (nSPS) is 12.7. The first-order chi connectivity index (χ1) is 17.0. The van der Waals surface area contributed by atoms with Gasteiger partial charge in [-0.15, -0.1) is 15.3 Å². The topological polar surface area (TPSA) is 128 Å². The van der Waals surface area contributed by atoms with E-state index in [1.165, 1.54) is 0 Å². The van der Waals surface area contributed by atoms with Crippen LogP contribution in [-0.2, 0) is 10.8 Å². The molecule has 2 aromatic carbocycles. The molecule has 5 aromatic rings. The fourth-order valence-corrected chi connectivity index (χ4v) is 3.76. The van der Waals surface area contributed by atoms with Crippen molar-refractivity contribution in [1.29, 1.82) is 0 Å². The second kappa shape index (κ2) is 8.40. The first-order valence-corrected chi connectivity index (χ1v) is 11.8. The average Bonchev–Trinajstić information content (AvgIpc) is 3.52. The van der Waals surface area contributed by atoms with Crippen LogP contribution in [0.1, 0.15) is 53.1 Å². The van der Waals surface area contributed by atoms with E-state index in [4.69, 9.17) is 20.9 Å². The van der Waals surface area contributed by atoms with Gasteiger partial charge in [0.1, 0.15) is 0 Å². The van der Waals surface area contributed by atoms with Crippen LogP contribution in [0.25, 0.3) is 22.7 Å². The highest BCUT2D eigenvalue weighted by Crippen LogP contribution is 2.38. The van der Waals surface area contributed by atoms with Gasteiger partial charge in [-0.25, -0.2) is 9.67 Å². The van der Waals surface area contributed by atoms with Crippen LogP contribution in [0, 0.1) is 0 Å². The maximum Gasteiger partial charge on any atom is 0.275 e. The number of rotatable bonds is 4. The molecule has 3 N–H and O–H groups in total. The van der Waals surface area contributed by atoms with E-state index in [2.05, 4.69) is 41.0 Å². The molecule has 0 aliphatic rings. The zero-order valence-corrected chi connectivity index (χ0v) is 21.4. The second-order valence-electron chi connectivity index (χ2n) is 10.8. The van der Waals surface area contributed by atoms with E-state index < -0.39 is 0 Å². The third-order valence-corrected chi connectivity index (χ3v) is 5.68. The Bertz CT molecular complexity index is 1520. The fourth-order valence-electron chi connectivity index (χ4n) is 3.76. The molecule has 36 heavy (non-hydrogen) atoms. The van der Waals surface area contributed by atoms with Crippen molar-refractivity contribution in [2.24, 2.45) is 10.2 Å². The number of anilines is 1. The third-order valence-electron chi connectivity index (χ3n) is 5.68. The summed E-state index contributed by atoms with van der Waals surface area (Å²) in [7, 11) is 0. The molecule has 0 saturated carbocycles. The van der Waals surface area contributed by atoms with Gasteiger partial charge in [0.2, 0.25) is 5.95 Å². The van der Waals surface area contributed by atoms with Crippen LogP contribution < -0.4 is 5.73 Å². The van der Waals surface area contributed by atoms with Crippen LogP contribution in [0.5, 0.6) is 0 Å². The number of nitrogens with zero attached hydrogens (tertiary/aromatic N) is 8. The molecule has 0 unspecified atom stereocenters. The average molecular weight is 483 g/mol. The van der Waals surface area contributed by atoms with Crippen LogP contribution in [-0.4, -0.2) is 34.5 Å². The standard InChI is InChI=1S/C26H30N10/c1-25(2,3)20-19(21(27)35(33-20)16-12-8-7-9-13-16)31-32-24-30-22(26(4,5)6)34-36(24)23-28-17-14-10-11-15-18(17)29-23/h7-15H,27H2,1-6H3,(H,28,29). The fraction of sp³-hybridized carbons (Fsp3) is 0.308. The minimum absolute atomic E-state index is 0.296. The summed E-state index contributed by atoms with van der Waals surface area (Å²) in [6, 6.07) is 17.5. The highest BCUT2D eigenvalue weighted by Gasteiger charge is 2.28. The lowest BCUT2D eigenvalue weighted by Crippen LogP contribution is -2.14. The molecule has 5 rings (SSSR count).